The highest BCUT2D eigenvalue weighted by atomic mass is 32.2. The minimum absolute atomic E-state index is 0.206. The molecule has 0 spiro atoms. The first-order chi connectivity index (χ1) is 9.06. The standard InChI is InChI=1S/C14H20N2O2S/c1-2-3-4-7-19(17,18)14-9-12-6-5-11(10-15)8-13(12)16-14/h5-6,8-9,16H,2-4,7,10,15H2,1H3. The van der Waals surface area contributed by atoms with Gasteiger partial charge in [0, 0.05) is 17.4 Å². The van der Waals surface area contributed by atoms with E-state index in [1.807, 2.05) is 18.2 Å². The molecule has 2 rings (SSSR count). The summed E-state index contributed by atoms with van der Waals surface area (Å²) in [6.45, 7) is 2.51. The van der Waals surface area contributed by atoms with Crippen molar-refractivity contribution in [2.75, 3.05) is 5.75 Å². The molecule has 1 heterocycles. The second kappa shape index (κ2) is 5.75. The molecule has 104 valence electrons. The Morgan fingerprint density at radius 2 is 2.00 bits per heavy atom. The fourth-order valence-electron chi connectivity index (χ4n) is 2.09. The van der Waals surface area contributed by atoms with E-state index in [1.165, 1.54) is 0 Å². The lowest BCUT2D eigenvalue weighted by molar-refractivity contribution is 0.588. The van der Waals surface area contributed by atoms with Crippen LogP contribution in [0.2, 0.25) is 0 Å². The summed E-state index contributed by atoms with van der Waals surface area (Å²) in [5.74, 6) is 0.206. The molecule has 1 aromatic heterocycles. The molecule has 0 radical (unpaired) electrons. The van der Waals surface area contributed by atoms with Crippen LogP contribution in [0.5, 0.6) is 0 Å². The van der Waals surface area contributed by atoms with E-state index in [9.17, 15) is 8.42 Å². The van der Waals surface area contributed by atoms with Crippen LogP contribution in [-0.2, 0) is 16.4 Å². The molecule has 0 bridgehead atoms. The zero-order valence-corrected chi connectivity index (χ0v) is 12.0. The fourth-order valence-corrected chi connectivity index (χ4v) is 3.47. The van der Waals surface area contributed by atoms with Gasteiger partial charge < -0.3 is 10.7 Å². The van der Waals surface area contributed by atoms with Gasteiger partial charge in [0.15, 0.2) is 9.84 Å². The molecule has 19 heavy (non-hydrogen) atoms. The van der Waals surface area contributed by atoms with E-state index in [0.29, 0.717) is 18.0 Å². The molecular weight excluding hydrogens is 260 g/mol. The Kier molecular flexibility index (Phi) is 4.27. The second-order valence-corrected chi connectivity index (χ2v) is 6.86. The normalized spacial score (nSPS) is 12.1. The Hall–Kier alpha value is -1.33. The lowest BCUT2D eigenvalue weighted by Gasteiger charge is -2.00. The SMILES string of the molecule is CCCCCS(=O)(=O)c1cc2ccc(CN)cc2[nH]1. The molecule has 0 aliphatic heterocycles. The number of aromatic nitrogens is 1. The summed E-state index contributed by atoms with van der Waals surface area (Å²) in [6.07, 6.45) is 2.67. The van der Waals surface area contributed by atoms with Gasteiger partial charge in [-0.15, -0.1) is 0 Å². The maximum atomic E-state index is 12.2. The third kappa shape index (κ3) is 3.16. The molecule has 0 atom stereocenters. The Morgan fingerprint density at radius 3 is 2.68 bits per heavy atom. The van der Waals surface area contributed by atoms with Gasteiger partial charge in [-0.05, 0) is 24.1 Å². The van der Waals surface area contributed by atoms with Crippen molar-refractivity contribution >= 4 is 20.7 Å². The van der Waals surface area contributed by atoms with E-state index in [-0.39, 0.29) is 5.75 Å². The number of nitrogens with one attached hydrogen (secondary N) is 1. The first-order valence-corrected chi connectivity index (χ1v) is 8.26. The Labute approximate surface area is 113 Å². The van der Waals surface area contributed by atoms with Gasteiger partial charge in [-0.2, -0.15) is 0 Å². The van der Waals surface area contributed by atoms with Crippen molar-refractivity contribution in [3.05, 3.63) is 29.8 Å². The Balaban J connectivity index is 2.29. The molecule has 0 saturated heterocycles. The predicted octanol–water partition coefficient (Wildman–Crippen LogP) is 2.59. The lowest BCUT2D eigenvalue weighted by Crippen LogP contribution is -2.07. The summed E-state index contributed by atoms with van der Waals surface area (Å²) >= 11 is 0. The topological polar surface area (TPSA) is 75.9 Å². The number of nitrogens with two attached hydrogens (primary N) is 1. The van der Waals surface area contributed by atoms with Crippen LogP contribution in [0, 0.1) is 0 Å². The molecule has 0 amide bonds. The number of aromatic amines is 1. The highest BCUT2D eigenvalue weighted by Crippen LogP contribution is 2.21. The molecule has 3 N–H and O–H groups in total. The van der Waals surface area contributed by atoms with Crippen molar-refractivity contribution in [3.8, 4) is 0 Å². The van der Waals surface area contributed by atoms with E-state index >= 15 is 0 Å². The van der Waals surface area contributed by atoms with Gasteiger partial charge in [0.25, 0.3) is 0 Å². The van der Waals surface area contributed by atoms with Crippen molar-refractivity contribution in [1.82, 2.24) is 4.98 Å². The minimum Gasteiger partial charge on any atom is -0.346 e. The minimum atomic E-state index is -3.20. The van der Waals surface area contributed by atoms with Crippen LogP contribution in [0.3, 0.4) is 0 Å². The van der Waals surface area contributed by atoms with Gasteiger partial charge in [0.2, 0.25) is 0 Å². The van der Waals surface area contributed by atoms with Crippen LogP contribution in [0.15, 0.2) is 29.3 Å². The number of sulfone groups is 1. The fraction of sp³-hybridized carbons (Fsp3) is 0.429. The zero-order valence-electron chi connectivity index (χ0n) is 11.1. The molecule has 1 aromatic carbocycles. The van der Waals surface area contributed by atoms with Gasteiger partial charge in [0.05, 0.1) is 5.75 Å². The van der Waals surface area contributed by atoms with Gasteiger partial charge >= 0.3 is 0 Å². The summed E-state index contributed by atoms with van der Waals surface area (Å²) in [7, 11) is -3.20. The summed E-state index contributed by atoms with van der Waals surface area (Å²) in [5, 5.41) is 1.22. The second-order valence-electron chi connectivity index (χ2n) is 4.79. The molecule has 0 fully saturated rings. The van der Waals surface area contributed by atoms with Crippen LogP contribution >= 0.6 is 0 Å². The van der Waals surface area contributed by atoms with Crippen molar-refractivity contribution in [2.45, 2.75) is 37.8 Å². The number of benzene rings is 1. The van der Waals surface area contributed by atoms with Crippen molar-refractivity contribution in [3.63, 3.8) is 0 Å². The molecule has 4 nitrogen and oxygen atoms in total. The molecule has 0 aliphatic carbocycles. The molecule has 0 unspecified atom stereocenters. The maximum absolute atomic E-state index is 12.2. The highest BCUT2D eigenvalue weighted by Gasteiger charge is 2.16. The summed E-state index contributed by atoms with van der Waals surface area (Å²) in [4.78, 5) is 2.99. The summed E-state index contributed by atoms with van der Waals surface area (Å²) in [5.41, 5.74) is 7.40. The van der Waals surface area contributed by atoms with Crippen molar-refractivity contribution < 1.29 is 8.42 Å². The van der Waals surface area contributed by atoms with Crippen LogP contribution in [0.25, 0.3) is 10.9 Å². The third-order valence-electron chi connectivity index (χ3n) is 3.25. The Morgan fingerprint density at radius 1 is 1.21 bits per heavy atom. The first kappa shape index (κ1) is 14.1. The smallest absolute Gasteiger partial charge is 0.193 e. The van der Waals surface area contributed by atoms with Gasteiger partial charge in [-0.25, -0.2) is 8.42 Å². The summed E-state index contributed by atoms with van der Waals surface area (Å²) < 4.78 is 24.4. The van der Waals surface area contributed by atoms with Crippen LogP contribution in [0.1, 0.15) is 31.7 Å². The van der Waals surface area contributed by atoms with Crippen LogP contribution in [-0.4, -0.2) is 19.2 Å². The quantitative estimate of drug-likeness (QED) is 0.798. The van der Waals surface area contributed by atoms with Gasteiger partial charge in [-0.3, -0.25) is 0 Å². The average molecular weight is 280 g/mol. The van der Waals surface area contributed by atoms with E-state index < -0.39 is 9.84 Å². The molecule has 0 aliphatic rings. The van der Waals surface area contributed by atoms with Crippen LogP contribution < -0.4 is 5.73 Å². The largest absolute Gasteiger partial charge is 0.346 e. The van der Waals surface area contributed by atoms with Crippen molar-refractivity contribution in [2.24, 2.45) is 5.73 Å². The van der Waals surface area contributed by atoms with E-state index in [0.717, 1.165) is 29.3 Å². The van der Waals surface area contributed by atoms with E-state index in [1.54, 1.807) is 6.07 Å². The Bertz CT molecular complexity index is 659. The molecule has 5 heteroatoms. The third-order valence-corrected chi connectivity index (χ3v) is 4.97. The first-order valence-electron chi connectivity index (χ1n) is 6.61. The molecular formula is C14H20N2O2S. The predicted molar refractivity (Wildman–Crippen MR) is 77.8 cm³/mol. The molecule has 0 saturated carbocycles. The highest BCUT2D eigenvalue weighted by molar-refractivity contribution is 7.91. The van der Waals surface area contributed by atoms with E-state index in [4.69, 9.17) is 5.73 Å². The number of fused-ring (bicyclic) bond motifs is 1. The maximum Gasteiger partial charge on any atom is 0.193 e. The van der Waals surface area contributed by atoms with Crippen LogP contribution in [0.4, 0.5) is 0 Å². The van der Waals surface area contributed by atoms with Gasteiger partial charge in [0.1, 0.15) is 5.03 Å². The number of rotatable bonds is 6. The van der Waals surface area contributed by atoms with Crippen molar-refractivity contribution in [1.29, 1.82) is 0 Å². The number of hydrogen-bond donors (Lipinski definition) is 2. The zero-order chi connectivity index (χ0) is 13.9. The molecule has 2 aromatic rings. The summed E-state index contributed by atoms with van der Waals surface area (Å²) in [6, 6.07) is 7.43. The van der Waals surface area contributed by atoms with E-state index in [2.05, 4.69) is 11.9 Å². The lowest BCUT2D eigenvalue weighted by atomic mass is 10.2. The monoisotopic (exact) mass is 280 g/mol. The number of unbranched alkanes of at least 4 members (excludes halogenated alkanes) is 2. The number of H-pyrrole nitrogens is 1. The van der Waals surface area contributed by atoms with Gasteiger partial charge in [-0.1, -0.05) is 31.9 Å². The number of hydrogen-bond acceptors (Lipinski definition) is 3. The average Bonchev–Trinajstić information content (AvgIpc) is 2.82.